The summed E-state index contributed by atoms with van der Waals surface area (Å²) in [5.74, 6) is 0.802. The summed E-state index contributed by atoms with van der Waals surface area (Å²) in [6.45, 7) is 3.52. The van der Waals surface area contributed by atoms with Crippen molar-refractivity contribution in [3.63, 3.8) is 0 Å². The number of anilines is 1. The summed E-state index contributed by atoms with van der Waals surface area (Å²) in [6.07, 6.45) is 0.845. The zero-order chi connectivity index (χ0) is 16.5. The Morgan fingerprint density at radius 1 is 1.32 bits per heavy atom. The van der Waals surface area contributed by atoms with Crippen LogP contribution >= 0.6 is 23.2 Å². The molecule has 0 aliphatic rings. The lowest BCUT2D eigenvalue weighted by atomic mass is 9.99. The molecule has 0 bridgehead atoms. The summed E-state index contributed by atoms with van der Waals surface area (Å²) in [5, 5.41) is 0. The molecule has 4 nitrogen and oxygen atoms in total. The number of methoxy groups -OCH3 is 1. The third kappa shape index (κ3) is 6.03. The van der Waals surface area contributed by atoms with Gasteiger partial charge in [0.1, 0.15) is 0 Å². The number of benzene rings is 1. The quantitative estimate of drug-likeness (QED) is 0.551. The van der Waals surface area contributed by atoms with Gasteiger partial charge in [0.25, 0.3) is 0 Å². The zero-order valence-electron chi connectivity index (χ0n) is 13.1. The molecule has 6 heteroatoms. The Hall–Kier alpha value is -0.970. The van der Waals surface area contributed by atoms with E-state index in [9.17, 15) is 4.79 Å². The van der Waals surface area contributed by atoms with Gasteiger partial charge >= 0.3 is 5.97 Å². The van der Waals surface area contributed by atoms with Crippen LogP contribution < -0.4 is 10.6 Å². The van der Waals surface area contributed by atoms with Gasteiger partial charge in [-0.3, -0.25) is 4.79 Å². The van der Waals surface area contributed by atoms with E-state index in [4.69, 9.17) is 28.9 Å². The highest BCUT2D eigenvalue weighted by Crippen LogP contribution is 2.21. The van der Waals surface area contributed by atoms with Gasteiger partial charge in [-0.1, -0.05) is 6.07 Å². The van der Waals surface area contributed by atoms with Crippen molar-refractivity contribution < 1.29 is 9.53 Å². The Morgan fingerprint density at radius 3 is 2.50 bits per heavy atom. The number of nitrogens with two attached hydrogens (primary N) is 1. The number of esters is 1. The molecule has 0 aliphatic heterocycles. The van der Waals surface area contributed by atoms with Gasteiger partial charge < -0.3 is 15.4 Å². The molecule has 1 aromatic carbocycles. The number of carbonyl (C=O) groups is 1. The Balaban J connectivity index is 2.86. The van der Waals surface area contributed by atoms with Gasteiger partial charge in [0.15, 0.2) is 0 Å². The molecular formula is C16H24Cl2N2O2. The second kappa shape index (κ2) is 9.93. The maximum Gasteiger partial charge on any atom is 0.307 e. The first kappa shape index (κ1) is 19.1. The monoisotopic (exact) mass is 346 g/mol. The number of alkyl halides is 2. The standard InChI is InChI=1S/C16H24Cl2N2O2/c1-12-3-4-15(20(7-5-17)8-6-18)10-13(12)9-14(19)11-16(21)22-2/h3-4,10,14H,5-9,11,19H2,1-2H3. The number of rotatable bonds is 9. The molecule has 0 aliphatic carbocycles. The average Bonchev–Trinajstić information content (AvgIpc) is 2.49. The fourth-order valence-electron chi connectivity index (χ4n) is 2.30. The summed E-state index contributed by atoms with van der Waals surface area (Å²) in [5.41, 5.74) is 9.40. The van der Waals surface area contributed by atoms with Gasteiger partial charge in [-0.05, 0) is 36.6 Å². The molecule has 0 saturated carbocycles. The van der Waals surface area contributed by atoms with Crippen LogP contribution in [0.15, 0.2) is 18.2 Å². The Kier molecular flexibility index (Phi) is 8.61. The van der Waals surface area contributed by atoms with Crippen LogP contribution in [0.1, 0.15) is 17.5 Å². The van der Waals surface area contributed by atoms with E-state index in [2.05, 4.69) is 27.8 Å². The minimum Gasteiger partial charge on any atom is -0.469 e. The van der Waals surface area contributed by atoms with Crippen molar-refractivity contribution in [3.8, 4) is 0 Å². The van der Waals surface area contributed by atoms with Crippen LogP contribution in [0.3, 0.4) is 0 Å². The van der Waals surface area contributed by atoms with Crippen LogP contribution in [0, 0.1) is 6.92 Å². The lowest BCUT2D eigenvalue weighted by molar-refractivity contribution is -0.140. The van der Waals surface area contributed by atoms with E-state index in [1.54, 1.807) is 0 Å². The van der Waals surface area contributed by atoms with Gasteiger partial charge in [0.2, 0.25) is 0 Å². The molecule has 0 saturated heterocycles. The number of ether oxygens (including phenoxy) is 1. The first-order valence-electron chi connectivity index (χ1n) is 7.30. The van der Waals surface area contributed by atoms with Crippen molar-refractivity contribution in [1.82, 2.24) is 0 Å². The topological polar surface area (TPSA) is 55.6 Å². The zero-order valence-corrected chi connectivity index (χ0v) is 14.7. The molecule has 1 aromatic rings. The molecule has 1 unspecified atom stereocenters. The minimum absolute atomic E-state index is 0.216. The summed E-state index contributed by atoms with van der Waals surface area (Å²) in [6, 6.07) is 5.97. The lowest BCUT2D eigenvalue weighted by Crippen LogP contribution is -2.29. The molecule has 1 rings (SSSR count). The van der Waals surface area contributed by atoms with Crippen LogP contribution in [0.2, 0.25) is 0 Å². The van der Waals surface area contributed by atoms with Crippen LogP contribution in [0.5, 0.6) is 0 Å². The number of hydrogen-bond acceptors (Lipinski definition) is 4. The molecular weight excluding hydrogens is 323 g/mol. The van der Waals surface area contributed by atoms with Crippen molar-refractivity contribution in [2.75, 3.05) is 36.9 Å². The molecule has 0 radical (unpaired) electrons. The van der Waals surface area contributed by atoms with E-state index >= 15 is 0 Å². The summed E-state index contributed by atoms with van der Waals surface area (Å²) in [4.78, 5) is 13.5. The van der Waals surface area contributed by atoms with E-state index in [0.29, 0.717) is 18.2 Å². The molecule has 1 atom stereocenters. The van der Waals surface area contributed by atoms with Gasteiger partial charge in [0, 0.05) is 36.6 Å². The van der Waals surface area contributed by atoms with Crippen LogP contribution in [0.4, 0.5) is 5.69 Å². The fraction of sp³-hybridized carbons (Fsp3) is 0.562. The Labute approximate surface area is 142 Å². The minimum atomic E-state index is -0.285. The van der Waals surface area contributed by atoms with Gasteiger partial charge in [0.05, 0.1) is 13.5 Å². The average molecular weight is 347 g/mol. The van der Waals surface area contributed by atoms with Crippen molar-refractivity contribution >= 4 is 34.9 Å². The number of halogens is 2. The molecule has 22 heavy (non-hydrogen) atoms. The second-order valence-corrected chi connectivity index (χ2v) is 5.98. The van der Waals surface area contributed by atoms with E-state index in [1.807, 2.05) is 6.92 Å². The third-order valence-electron chi connectivity index (χ3n) is 3.55. The maximum absolute atomic E-state index is 11.3. The van der Waals surface area contributed by atoms with Crippen molar-refractivity contribution in [1.29, 1.82) is 0 Å². The van der Waals surface area contributed by atoms with Crippen LogP contribution in [-0.2, 0) is 16.0 Å². The Morgan fingerprint density at radius 2 is 1.95 bits per heavy atom. The largest absolute Gasteiger partial charge is 0.469 e. The highest BCUT2D eigenvalue weighted by molar-refractivity contribution is 6.18. The normalized spacial score (nSPS) is 12.0. The van der Waals surface area contributed by atoms with Gasteiger partial charge in [-0.25, -0.2) is 0 Å². The van der Waals surface area contributed by atoms with E-state index in [-0.39, 0.29) is 18.4 Å². The smallest absolute Gasteiger partial charge is 0.307 e. The maximum atomic E-state index is 11.3. The number of carbonyl (C=O) groups excluding carboxylic acids is 1. The van der Waals surface area contributed by atoms with E-state index in [0.717, 1.165) is 29.9 Å². The predicted octanol–water partition coefficient (Wildman–Crippen LogP) is 2.71. The lowest BCUT2D eigenvalue weighted by Gasteiger charge is -2.24. The first-order valence-corrected chi connectivity index (χ1v) is 8.37. The molecule has 0 spiro atoms. The highest BCUT2D eigenvalue weighted by atomic mass is 35.5. The molecule has 2 N–H and O–H groups in total. The molecule has 124 valence electrons. The number of hydrogen-bond donors (Lipinski definition) is 1. The van der Waals surface area contributed by atoms with E-state index in [1.165, 1.54) is 7.11 Å². The van der Waals surface area contributed by atoms with Crippen LogP contribution in [0.25, 0.3) is 0 Å². The fourth-order valence-corrected chi connectivity index (χ4v) is 2.71. The van der Waals surface area contributed by atoms with Crippen molar-refractivity contribution in [2.45, 2.75) is 25.8 Å². The summed E-state index contributed by atoms with van der Waals surface area (Å²) in [7, 11) is 1.37. The predicted molar refractivity (Wildman–Crippen MR) is 93.1 cm³/mol. The summed E-state index contributed by atoms with van der Waals surface area (Å²) >= 11 is 11.7. The third-order valence-corrected chi connectivity index (χ3v) is 3.88. The SMILES string of the molecule is COC(=O)CC(N)Cc1cc(N(CCCl)CCCl)ccc1C. The number of nitrogens with zero attached hydrogens (tertiary/aromatic N) is 1. The molecule has 0 heterocycles. The first-order chi connectivity index (χ1) is 10.5. The Bertz CT molecular complexity index is 477. The second-order valence-electron chi connectivity index (χ2n) is 5.22. The van der Waals surface area contributed by atoms with Crippen molar-refractivity contribution in [3.05, 3.63) is 29.3 Å². The molecule has 0 amide bonds. The van der Waals surface area contributed by atoms with E-state index < -0.39 is 0 Å². The van der Waals surface area contributed by atoms with Crippen molar-refractivity contribution in [2.24, 2.45) is 5.73 Å². The number of aryl methyl sites for hydroxylation is 1. The van der Waals surface area contributed by atoms with Crippen LogP contribution in [-0.4, -0.2) is 44.0 Å². The molecule has 0 fully saturated rings. The van der Waals surface area contributed by atoms with Gasteiger partial charge in [-0.15, -0.1) is 23.2 Å². The molecule has 0 aromatic heterocycles. The van der Waals surface area contributed by atoms with Gasteiger partial charge in [-0.2, -0.15) is 0 Å². The highest BCUT2D eigenvalue weighted by Gasteiger charge is 2.13. The summed E-state index contributed by atoms with van der Waals surface area (Å²) < 4.78 is 4.66.